The Kier molecular flexibility index (Phi) is 6.58. The highest BCUT2D eigenvalue weighted by Gasteiger charge is 2.47. The quantitative estimate of drug-likeness (QED) is 0.403. The molecule has 0 saturated carbocycles. The van der Waals surface area contributed by atoms with Gasteiger partial charge in [-0.3, -0.25) is 9.69 Å². The SMILES string of the molecule is C=C(CC(=O)OC1CC2CC(OC(=O)C=C(C)C)C(C1)N2C)C(=O)OC. The third-order valence-electron chi connectivity index (χ3n) is 4.88. The van der Waals surface area contributed by atoms with Crippen LogP contribution in [0.4, 0.5) is 0 Å². The third kappa shape index (κ3) is 4.94. The van der Waals surface area contributed by atoms with Crippen LogP contribution in [0.1, 0.15) is 39.5 Å². The number of hydrogen-bond acceptors (Lipinski definition) is 7. The number of likely N-dealkylation sites (N-methyl/N-ethyl adjacent to an activating group) is 1. The number of rotatable bonds is 6. The molecule has 2 fully saturated rings. The van der Waals surface area contributed by atoms with Crippen LogP contribution >= 0.6 is 0 Å². The molecular formula is C19H27NO6. The summed E-state index contributed by atoms with van der Waals surface area (Å²) in [5, 5.41) is 0. The molecule has 0 amide bonds. The van der Waals surface area contributed by atoms with E-state index in [2.05, 4.69) is 16.2 Å². The fourth-order valence-corrected chi connectivity index (χ4v) is 3.63. The normalized spacial score (nSPS) is 27.4. The van der Waals surface area contributed by atoms with Crippen molar-refractivity contribution in [3.8, 4) is 0 Å². The van der Waals surface area contributed by atoms with Crippen molar-refractivity contribution in [2.45, 2.75) is 63.8 Å². The van der Waals surface area contributed by atoms with Gasteiger partial charge in [0.2, 0.25) is 0 Å². The molecule has 2 aliphatic rings. The fraction of sp³-hybridized carbons (Fsp3) is 0.632. The molecule has 7 nitrogen and oxygen atoms in total. The number of nitrogens with zero attached hydrogens (tertiary/aromatic N) is 1. The molecule has 2 bridgehead atoms. The number of piperidine rings is 1. The number of ether oxygens (including phenoxy) is 3. The van der Waals surface area contributed by atoms with Gasteiger partial charge < -0.3 is 14.2 Å². The first-order chi connectivity index (χ1) is 12.2. The molecule has 0 aromatic rings. The number of methoxy groups -OCH3 is 1. The van der Waals surface area contributed by atoms with Gasteiger partial charge in [0.05, 0.1) is 19.6 Å². The Morgan fingerprint density at radius 1 is 1.15 bits per heavy atom. The van der Waals surface area contributed by atoms with Gasteiger partial charge in [0.15, 0.2) is 0 Å². The Bertz CT molecular complexity index is 622. The molecule has 0 aliphatic carbocycles. The first-order valence-corrected chi connectivity index (χ1v) is 8.74. The molecule has 2 rings (SSSR count). The van der Waals surface area contributed by atoms with E-state index in [-0.39, 0.29) is 42.3 Å². The van der Waals surface area contributed by atoms with Crippen LogP contribution in [0.5, 0.6) is 0 Å². The molecule has 0 aromatic carbocycles. The molecule has 7 heteroatoms. The highest BCUT2D eigenvalue weighted by Crippen LogP contribution is 2.37. The maximum atomic E-state index is 12.0. The lowest BCUT2D eigenvalue weighted by Crippen LogP contribution is -2.46. The van der Waals surface area contributed by atoms with Crippen molar-refractivity contribution in [2.75, 3.05) is 14.2 Å². The zero-order chi connectivity index (χ0) is 19.4. The van der Waals surface area contributed by atoms with E-state index in [9.17, 15) is 14.4 Å². The van der Waals surface area contributed by atoms with E-state index in [1.165, 1.54) is 13.2 Å². The molecule has 4 atom stereocenters. The van der Waals surface area contributed by atoms with Gasteiger partial charge in [-0.2, -0.15) is 0 Å². The maximum Gasteiger partial charge on any atom is 0.333 e. The Morgan fingerprint density at radius 2 is 1.85 bits per heavy atom. The van der Waals surface area contributed by atoms with Gasteiger partial charge in [0.25, 0.3) is 0 Å². The van der Waals surface area contributed by atoms with Gasteiger partial charge in [-0.05, 0) is 20.9 Å². The van der Waals surface area contributed by atoms with Crippen LogP contribution in [0.3, 0.4) is 0 Å². The molecule has 0 spiro atoms. The van der Waals surface area contributed by atoms with Crippen LogP contribution < -0.4 is 0 Å². The predicted octanol–water partition coefficient (Wildman–Crippen LogP) is 1.76. The summed E-state index contributed by atoms with van der Waals surface area (Å²) in [5.74, 6) is -1.44. The van der Waals surface area contributed by atoms with Gasteiger partial charge in [-0.1, -0.05) is 12.2 Å². The third-order valence-corrected chi connectivity index (χ3v) is 4.88. The summed E-state index contributed by atoms with van der Waals surface area (Å²) in [7, 11) is 3.24. The molecule has 2 aliphatic heterocycles. The number of fused-ring (bicyclic) bond motifs is 2. The zero-order valence-electron chi connectivity index (χ0n) is 15.8. The summed E-state index contributed by atoms with van der Waals surface area (Å²) in [4.78, 5) is 37.5. The highest BCUT2D eigenvalue weighted by molar-refractivity contribution is 5.93. The molecule has 4 unspecified atom stereocenters. The minimum atomic E-state index is -0.614. The van der Waals surface area contributed by atoms with E-state index >= 15 is 0 Å². The van der Waals surface area contributed by atoms with Crippen molar-refractivity contribution >= 4 is 17.9 Å². The zero-order valence-corrected chi connectivity index (χ0v) is 15.8. The topological polar surface area (TPSA) is 82.1 Å². The van der Waals surface area contributed by atoms with Crippen molar-refractivity contribution in [3.05, 3.63) is 23.8 Å². The van der Waals surface area contributed by atoms with Crippen molar-refractivity contribution in [1.29, 1.82) is 0 Å². The number of esters is 3. The van der Waals surface area contributed by atoms with Crippen molar-refractivity contribution in [1.82, 2.24) is 4.90 Å². The van der Waals surface area contributed by atoms with Gasteiger partial charge in [-0.15, -0.1) is 0 Å². The lowest BCUT2D eigenvalue weighted by molar-refractivity contribution is -0.154. The average molecular weight is 365 g/mol. The Morgan fingerprint density at radius 3 is 2.46 bits per heavy atom. The van der Waals surface area contributed by atoms with Gasteiger partial charge in [0, 0.05) is 37.0 Å². The number of allylic oxidation sites excluding steroid dienone is 1. The molecule has 144 valence electrons. The second-order valence-electron chi connectivity index (χ2n) is 7.17. The number of carbonyl (C=O) groups is 3. The summed E-state index contributed by atoms with van der Waals surface area (Å²) < 4.78 is 15.6. The summed E-state index contributed by atoms with van der Waals surface area (Å²) in [6.45, 7) is 7.23. The van der Waals surface area contributed by atoms with Gasteiger partial charge >= 0.3 is 17.9 Å². The predicted molar refractivity (Wildman–Crippen MR) is 94.2 cm³/mol. The lowest BCUT2D eigenvalue weighted by Gasteiger charge is -2.36. The van der Waals surface area contributed by atoms with Crippen molar-refractivity contribution in [2.24, 2.45) is 0 Å². The second-order valence-corrected chi connectivity index (χ2v) is 7.17. The summed E-state index contributed by atoms with van der Waals surface area (Å²) >= 11 is 0. The minimum absolute atomic E-state index is 0.0184. The maximum absolute atomic E-state index is 12.0. The molecule has 26 heavy (non-hydrogen) atoms. The summed E-state index contributed by atoms with van der Waals surface area (Å²) in [5.41, 5.74) is 0.962. The van der Waals surface area contributed by atoms with E-state index in [0.717, 1.165) is 12.0 Å². The number of hydrogen-bond donors (Lipinski definition) is 0. The molecule has 2 saturated heterocycles. The molecule has 0 N–H and O–H groups in total. The Hall–Kier alpha value is -2.15. The Balaban J connectivity index is 1.91. The molecule has 2 heterocycles. The van der Waals surface area contributed by atoms with Crippen LogP contribution in [-0.2, 0) is 28.6 Å². The minimum Gasteiger partial charge on any atom is -0.466 e. The number of carbonyl (C=O) groups excluding carboxylic acids is 3. The van der Waals surface area contributed by atoms with E-state index < -0.39 is 11.9 Å². The van der Waals surface area contributed by atoms with Crippen LogP contribution in [0.25, 0.3) is 0 Å². The van der Waals surface area contributed by atoms with Crippen LogP contribution in [0.2, 0.25) is 0 Å². The smallest absolute Gasteiger partial charge is 0.333 e. The molecule has 0 aromatic heterocycles. The van der Waals surface area contributed by atoms with E-state index in [0.29, 0.717) is 12.8 Å². The standard InChI is InChI=1S/C19H27NO6/c1-11(2)6-17(21)26-16-9-13-8-14(10-15(16)20(13)4)25-18(22)7-12(3)19(23)24-5/h6,13-16H,3,7-10H2,1-2,4-5H3. The fourth-order valence-electron chi connectivity index (χ4n) is 3.63. The van der Waals surface area contributed by atoms with E-state index in [1.54, 1.807) is 0 Å². The first-order valence-electron chi connectivity index (χ1n) is 8.74. The van der Waals surface area contributed by atoms with Crippen LogP contribution in [-0.4, -0.2) is 61.3 Å². The summed E-state index contributed by atoms with van der Waals surface area (Å²) in [6, 6.07) is 0.213. The highest BCUT2D eigenvalue weighted by atomic mass is 16.6. The van der Waals surface area contributed by atoms with Crippen LogP contribution in [0, 0.1) is 0 Å². The van der Waals surface area contributed by atoms with E-state index in [4.69, 9.17) is 9.47 Å². The largest absolute Gasteiger partial charge is 0.466 e. The van der Waals surface area contributed by atoms with Gasteiger partial charge in [-0.25, -0.2) is 9.59 Å². The van der Waals surface area contributed by atoms with Crippen molar-refractivity contribution < 1.29 is 28.6 Å². The summed E-state index contributed by atoms with van der Waals surface area (Å²) in [6.07, 6.45) is 2.84. The molecular weight excluding hydrogens is 338 g/mol. The Labute approximate surface area is 154 Å². The first kappa shape index (κ1) is 20.2. The van der Waals surface area contributed by atoms with Crippen molar-refractivity contribution in [3.63, 3.8) is 0 Å². The van der Waals surface area contributed by atoms with Gasteiger partial charge in [0.1, 0.15) is 12.2 Å². The molecule has 0 radical (unpaired) electrons. The van der Waals surface area contributed by atoms with E-state index in [1.807, 2.05) is 20.9 Å². The monoisotopic (exact) mass is 365 g/mol. The lowest BCUT2D eigenvalue weighted by atomic mass is 10.00. The van der Waals surface area contributed by atoms with Crippen LogP contribution in [0.15, 0.2) is 23.8 Å². The average Bonchev–Trinajstić information content (AvgIpc) is 2.71. The second kappa shape index (κ2) is 8.49.